The molecule has 1 aromatic carbocycles. The highest BCUT2D eigenvalue weighted by atomic mass is 19.4. The second kappa shape index (κ2) is 4.56. The lowest BCUT2D eigenvalue weighted by Crippen LogP contribution is -2.17. The number of hydrogen-bond acceptors (Lipinski definition) is 2. The van der Waals surface area contributed by atoms with Crippen molar-refractivity contribution in [2.45, 2.75) is 6.36 Å². The standard InChI is InChI=1S/C12H8F3NO2/c13-12(14,15)18-9-4-1-3-8(7-9)10-5-2-6-11(17)16-10/h1-7H,(H,16,17). The average Bonchev–Trinajstić information content (AvgIpc) is 2.27. The van der Waals surface area contributed by atoms with Gasteiger partial charge in [-0.2, -0.15) is 0 Å². The number of rotatable bonds is 2. The maximum absolute atomic E-state index is 12.1. The van der Waals surface area contributed by atoms with Gasteiger partial charge in [-0.3, -0.25) is 4.79 Å². The Hall–Kier alpha value is -2.24. The third-order valence-corrected chi connectivity index (χ3v) is 2.15. The quantitative estimate of drug-likeness (QED) is 0.896. The van der Waals surface area contributed by atoms with Crippen LogP contribution in [-0.4, -0.2) is 11.3 Å². The number of aromatic amines is 1. The number of ether oxygens (including phenoxy) is 1. The smallest absolute Gasteiger partial charge is 0.406 e. The maximum Gasteiger partial charge on any atom is 0.573 e. The van der Waals surface area contributed by atoms with Crippen LogP contribution >= 0.6 is 0 Å². The zero-order valence-electron chi connectivity index (χ0n) is 8.99. The van der Waals surface area contributed by atoms with Gasteiger partial charge in [0, 0.05) is 17.3 Å². The lowest BCUT2D eigenvalue weighted by Gasteiger charge is -2.09. The molecule has 0 unspecified atom stereocenters. The summed E-state index contributed by atoms with van der Waals surface area (Å²) in [7, 11) is 0. The SMILES string of the molecule is O=c1cccc(-c2cccc(OC(F)(F)F)c2)[nH]1. The van der Waals surface area contributed by atoms with Gasteiger partial charge in [-0.05, 0) is 18.2 Å². The van der Waals surface area contributed by atoms with Gasteiger partial charge in [-0.1, -0.05) is 18.2 Å². The van der Waals surface area contributed by atoms with Crippen LogP contribution in [0.1, 0.15) is 0 Å². The second-order valence-electron chi connectivity index (χ2n) is 3.50. The number of nitrogens with one attached hydrogen (secondary N) is 1. The molecule has 3 nitrogen and oxygen atoms in total. The molecular formula is C12H8F3NO2. The molecule has 0 bridgehead atoms. The summed E-state index contributed by atoms with van der Waals surface area (Å²) < 4.78 is 40.0. The summed E-state index contributed by atoms with van der Waals surface area (Å²) in [6, 6.07) is 9.83. The Morgan fingerprint density at radius 1 is 1.06 bits per heavy atom. The van der Waals surface area contributed by atoms with Gasteiger partial charge in [0.25, 0.3) is 0 Å². The Morgan fingerprint density at radius 3 is 2.44 bits per heavy atom. The molecule has 94 valence electrons. The number of aromatic nitrogens is 1. The van der Waals surface area contributed by atoms with E-state index in [2.05, 4.69) is 9.72 Å². The van der Waals surface area contributed by atoms with Gasteiger partial charge in [0.05, 0.1) is 0 Å². The lowest BCUT2D eigenvalue weighted by molar-refractivity contribution is -0.274. The van der Waals surface area contributed by atoms with Crippen LogP contribution in [0.5, 0.6) is 5.75 Å². The number of pyridine rings is 1. The minimum Gasteiger partial charge on any atom is -0.406 e. The molecule has 6 heteroatoms. The van der Waals surface area contributed by atoms with Crippen molar-refractivity contribution in [3.8, 4) is 17.0 Å². The molecule has 0 atom stereocenters. The van der Waals surface area contributed by atoms with Gasteiger partial charge in [-0.15, -0.1) is 13.2 Å². The molecule has 0 radical (unpaired) electrons. The van der Waals surface area contributed by atoms with Crippen molar-refractivity contribution in [2.24, 2.45) is 0 Å². The van der Waals surface area contributed by atoms with Crippen LogP contribution in [0.3, 0.4) is 0 Å². The summed E-state index contributed by atoms with van der Waals surface area (Å²) in [5.41, 5.74) is 0.541. The summed E-state index contributed by atoms with van der Waals surface area (Å²) in [5, 5.41) is 0. The Morgan fingerprint density at radius 2 is 1.78 bits per heavy atom. The molecule has 0 saturated heterocycles. The molecule has 0 aliphatic rings. The predicted octanol–water partition coefficient (Wildman–Crippen LogP) is 2.94. The van der Waals surface area contributed by atoms with Crippen LogP contribution in [0, 0.1) is 0 Å². The molecule has 2 aromatic rings. The first-order chi connectivity index (χ1) is 8.44. The van der Waals surface area contributed by atoms with E-state index in [1.807, 2.05) is 0 Å². The van der Waals surface area contributed by atoms with Crippen molar-refractivity contribution in [3.05, 3.63) is 52.8 Å². The van der Waals surface area contributed by atoms with Gasteiger partial charge in [-0.25, -0.2) is 0 Å². The molecule has 1 heterocycles. The fraction of sp³-hybridized carbons (Fsp3) is 0.0833. The summed E-state index contributed by atoms with van der Waals surface area (Å²) in [5.74, 6) is -0.329. The van der Waals surface area contributed by atoms with Crippen molar-refractivity contribution in [3.63, 3.8) is 0 Å². The maximum atomic E-state index is 12.1. The van der Waals surface area contributed by atoms with Crippen molar-refractivity contribution >= 4 is 0 Å². The molecular weight excluding hydrogens is 247 g/mol. The third-order valence-electron chi connectivity index (χ3n) is 2.15. The van der Waals surface area contributed by atoms with E-state index in [0.717, 1.165) is 0 Å². The Kier molecular flexibility index (Phi) is 3.10. The van der Waals surface area contributed by atoms with Crippen molar-refractivity contribution in [2.75, 3.05) is 0 Å². The summed E-state index contributed by atoms with van der Waals surface area (Å²) in [6.07, 6.45) is -4.73. The molecule has 18 heavy (non-hydrogen) atoms. The molecule has 1 aromatic heterocycles. The molecule has 0 saturated carbocycles. The number of hydrogen-bond donors (Lipinski definition) is 1. The van der Waals surface area contributed by atoms with E-state index in [9.17, 15) is 18.0 Å². The van der Waals surface area contributed by atoms with Crippen LogP contribution < -0.4 is 10.3 Å². The van der Waals surface area contributed by atoms with Crippen LogP contribution in [0.4, 0.5) is 13.2 Å². The zero-order valence-corrected chi connectivity index (χ0v) is 8.99. The number of halogens is 3. The predicted molar refractivity (Wildman–Crippen MR) is 59.2 cm³/mol. The highest BCUT2D eigenvalue weighted by Gasteiger charge is 2.31. The van der Waals surface area contributed by atoms with E-state index >= 15 is 0 Å². The van der Waals surface area contributed by atoms with Crippen LogP contribution in [0.15, 0.2) is 47.3 Å². The van der Waals surface area contributed by atoms with E-state index in [0.29, 0.717) is 11.3 Å². The Bertz CT molecular complexity index is 605. The number of H-pyrrole nitrogens is 1. The van der Waals surface area contributed by atoms with E-state index in [4.69, 9.17) is 0 Å². The zero-order chi connectivity index (χ0) is 13.2. The fourth-order valence-corrected chi connectivity index (χ4v) is 1.48. The van der Waals surface area contributed by atoms with Gasteiger partial charge < -0.3 is 9.72 Å². The van der Waals surface area contributed by atoms with Crippen LogP contribution in [-0.2, 0) is 0 Å². The third kappa shape index (κ3) is 3.13. The highest BCUT2D eigenvalue weighted by Crippen LogP contribution is 2.26. The largest absolute Gasteiger partial charge is 0.573 e. The van der Waals surface area contributed by atoms with E-state index in [1.165, 1.54) is 30.3 Å². The average molecular weight is 255 g/mol. The number of benzene rings is 1. The first kappa shape index (κ1) is 12.2. The van der Waals surface area contributed by atoms with Gasteiger partial charge >= 0.3 is 6.36 Å². The minimum atomic E-state index is -4.73. The summed E-state index contributed by atoms with van der Waals surface area (Å²) >= 11 is 0. The topological polar surface area (TPSA) is 42.1 Å². The Labute approximate surface area is 99.8 Å². The van der Waals surface area contributed by atoms with Crippen molar-refractivity contribution in [1.29, 1.82) is 0 Å². The minimum absolute atomic E-state index is 0.324. The van der Waals surface area contributed by atoms with E-state index in [-0.39, 0.29) is 11.3 Å². The highest BCUT2D eigenvalue weighted by molar-refractivity contribution is 5.60. The molecule has 0 aliphatic carbocycles. The number of alkyl halides is 3. The molecule has 0 spiro atoms. The normalized spacial score (nSPS) is 11.3. The van der Waals surface area contributed by atoms with Crippen LogP contribution in [0.25, 0.3) is 11.3 Å². The van der Waals surface area contributed by atoms with E-state index in [1.54, 1.807) is 12.1 Å². The first-order valence-corrected chi connectivity index (χ1v) is 4.99. The fourth-order valence-electron chi connectivity index (χ4n) is 1.48. The Balaban J connectivity index is 2.36. The first-order valence-electron chi connectivity index (χ1n) is 4.99. The summed E-state index contributed by atoms with van der Waals surface area (Å²) in [4.78, 5) is 13.6. The monoisotopic (exact) mass is 255 g/mol. The molecule has 0 fully saturated rings. The lowest BCUT2D eigenvalue weighted by atomic mass is 10.1. The van der Waals surface area contributed by atoms with E-state index < -0.39 is 6.36 Å². The second-order valence-corrected chi connectivity index (χ2v) is 3.50. The van der Waals surface area contributed by atoms with Crippen LogP contribution in [0.2, 0.25) is 0 Å². The summed E-state index contributed by atoms with van der Waals surface area (Å²) in [6.45, 7) is 0. The van der Waals surface area contributed by atoms with Crippen molar-refractivity contribution < 1.29 is 17.9 Å². The van der Waals surface area contributed by atoms with Gasteiger partial charge in [0.1, 0.15) is 5.75 Å². The molecule has 2 rings (SSSR count). The van der Waals surface area contributed by atoms with Gasteiger partial charge in [0.2, 0.25) is 5.56 Å². The van der Waals surface area contributed by atoms with Gasteiger partial charge in [0.15, 0.2) is 0 Å². The molecule has 0 aliphatic heterocycles. The molecule has 1 N–H and O–H groups in total. The molecule has 0 amide bonds. The van der Waals surface area contributed by atoms with Crippen molar-refractivity contribution in [1.82, 2.24) is 4.98 Å².